The van der Waals surface area contributed by atoms with Crippen molar-refractivity contribution in [2.75, 3.05) is 13.1 Å². The summed E-state index contributed by atoms with van der Waals surface area (Å²) in [5, 5.41) is 1.08. The standard InChI is InChI=1S/C16H15NO2/c18-16-11-5-7-17(8-6-11)14(16)10-13-9-12-3-1-2-4-15(12)19-13/h1-4,9-11H,5-8H2. The Morgan fingerprint density at radius 1 is 1.21 bits per heavy atom. The van der Waals surface area contributed by atoms with Crippen molar-refractivity contribution in [1.29, 1.82) is 0 Å². The van der Waals surface area contributed by atoms with E-state index in [0.717, 1.165) is 48.4 Å². The van der Waals surface area contributed by atoms with Gasteiger partial charge in [0.25, 0.3) is 0 Å². The zero-order chi connectivity index (χ0) is 12.8. The molecule has 0 atom stereocenters. The highest BCUT2D eigenvalue weighted by Crippen LogP contribution is 2.33. The van der Waals surface area contributed by atoms with Crippen LogP contribution in [0.2, 0.25) is 0 Å². The third-order valence-corrected chi connectivity index (χ3v) is 4.18. The SMILES string of the molecule is O=C1C(=Cc2cc3ccccc3o2)N2CCC1CC2. The van der Waals surface area contributed by atoms with E-state index in [2.05, 4.69) is 4.90 Å². The molecule has 3 heteroatoms. The fraction of sp³-hybridized carbons (Fsp3) is 0.312. The Morgan fingerprint density at radius 2 is 2.00 bits per heavy atom. The summed E-state index contributed by atoms with van der Waals surface area (Å²) in [5.41, 5.74) is 1.71. The number of ketones is 1. The molecular weight excluding hydrogens is 238 g/mol. The lowest BCUT2D eigenvalue weighted by Gasteiger charge is -2.40. The number of piperidine rings is 3. The summed E-state index contributed by atoms with van der Waals surface area (Å²) in [4.78, 5) is 14.4. The van der Waals surface area contributed by atoms with E-state index < -0.39 is 0 Å². The van der Waals surface area contributed by atoms with Crippen LogP contribution in [0.3, 0.4) is 0 Å². The smallest absolute Gasteiger partial charge is 0.182 e. The van der Waals surface area contributed by atoms with Crippen LogP contribution in [0.5, 0.6) is 0 Å². The van der Waals surface area contributed by atoms with Gasteiger partial charge in [0, 0.05) is 30.5 Å². The van der Waals surface area contributed by atoms with Crippen LogP contribution in [0.1, 0.15) is 18.6 Å². The lowest BCUT2D eigenvalue weighted by atomic mass is 9.84. The van der Waals surface area contributed by atoms with Crippen molar-refractivity contribution in [3.63, 3.8) is 0 Å². The molecule has 0 aliphatic carbocycles. The molecule has 5 rings (SSSR count). The average Bonchev–Trinajstić information content (AvgIpc) is 2.85. The maximum atomic E-state index is 12.3. The van der Waals surface area contributed by atoms with E-state index in [-0.39, 0.29) is 11.7 Å². The zero-order valence-corrected chi connectivity index (χ0v) is 10.6. The van der Waals surface area contributed by atoms with Gasteiger partial charge < -0.3 is 9.32 Å². The lowest BCUT2D eigenvalue weighted by molar-refractivity contribution is -0.125. The summed E-state index contributed by atoms with van der Waals surface area (Å²) in [7, 11) is 0. The first-order valence-electron chi connectivity index (χ1n) is 6.81. The second-order valence-corrected chi connectivity index (χ2v) is 5.34. The number of carbonyl (C=O) groups is 1. The van der Waals surface area contributed by atoms with Gasteiger partial charge in [0.1, 0.15) is 11.3 Å². The van der Waals surface area contributed by atoms with E-state index in [9.17, 15) is 4.79 Å². The Bertz CT molecular complexity index is 642. The van der Waals surface area contributed by atoms with E-state index in [1.807, 2.05) is 36.4 Å². The highest BCUT2D eigenvalue weighted by molar-refractivity contribution is 6.02. The summed E-state index contributed by atoms with van der Waals surface area (Å²) in [6, 6.07) is 9.92. The van der Waals surface area contributed by atoms with E-state index in [4.69, 9.17) is 4.42 Å². The Kier molecular flexibility index (Phi) is 2.28. The third kappa shape index (κ3) is 1.69. The quantitative estimate of drug-likeness (QED) is 0.732. The number of furan rings is 1. The monoisotopic (exact) mass is 253 g/mol. The maximum Gasteiger partial charge on any atom is 0.182 e. The van der Waals surface area contributed by atoms with E-state index >= 15 is 0 Å². The van der Waals surface area contributed by atoms with Gasteiger partial charge in [-0.1, -0.05) is 18.2 Å². The first-order chi connectivity index (χ1) is 9.31. The second-order valence-electron chi connectivity index (χ2n) is 5.34. The molecule has 0 radical (unpaired) electrons. The number of nitrogens with zero attached hydrogens (tertiary/aromatic N) is 1. The van der Waals surface area contributed by atoms with E-state index in [0.29, 0.717) is 0 Å². The van der Waals surface area contributed by atoms with Gasteiger partial charge >= 0.3 is 0 Å². The van der Waals surface area contributed by atoms with E-state index in [1.54, 1.807) is 0 Å². The van der Waals surface area contributed by atoms with Crippen molar-refractivity contribution in [3.05, 3.63) is 41.8 Å². The van der Waals surface area contributed by atoms with Crippen molar-refractivity contribution in [1.82, 2.24) is 4.90 Å². The zero-order valence-electron chi connectivity index (χ0n) is 10.6. The number of allylic oxidation sites excluding steroid dienone is 1. The summed E-state index contributed by atoms with van der Waals surface area (Å²) < 4.78 is 5.77. The Morgan fingerprint density at radius 3 is 2.74 bits per heavy atom. The molecule has 1 aromatic carbocycles. The summed E-state index contributed by atoms with van der Waals surface area (Å²) in [6.45, 7) is 2.00. The predicted octanol–water partition coefficient (Wildman–Crippen LogP) is 3.07. The Balaban J connectivity index is 1.76. The van der Waals surface area contributed by atoms with Gasteiger partial charge in [-0.2, -0.15) is 0 Å². The number of hydrogen-bond acceptors (Lipinski definition) is 3. The molecule has 3 nitrogen and oxygen atoms in total. The fourth-order valence-electron chi connectivity index (χ4n) is 3.12. The average molecular weight is 253 g/mol. The molecule has 96 valence electrons. The topological polar surface area (TPSA) is 33.5 Å². The Hall–Kier alpha value is -2.03. The molecule has 2 aromatic rings. The number of fused-ring (bicyclic) bond motifs is 4. The van der Waals surface area contributed by atoms with Gasteiger partial charge in [0.05, 0.1) is 5.70 Å². The van der Waals surface area contributed by atoms with Gasteiger partial charge in [-0.15, -0.1) is 0 Å². The summed E-state index contributed by atoms with van der Waals surface area (Å²) in [5.74, 6) is 1.30. The first-order valence-corrected chi connectivity index (χ1v) is 6.81. The molecule has 0 unspecified atom stereocenters. The van der Waals surface area contributed by atoms with Gasteiger partial charge in [0.15, 0.2) is 5.78 Å². The van der Waals surface area contributed by atoms with Crippen molar-refractivity contribution in [2.45, 2.75) is 12.8 Å². The number of rotatable bonds is 1. The molecule has 0 N–H and O–H groups in total. The minimum Gasteiger partial charge on any atom is -0.457 e. The van der Waals surface area contributed by atoms with Crippen LogP contribution in [0.4, 0.5) is 0 Å². The number of carbonyl (C=O) groups excluding carboxylic acids is 1. The molecule has 0 saturated carbocycles. The van der Waals surface area contributed by atoms with Crippen LogP contribution < -0.4 is 0 Å². The highest BCUT2D eigenvalue weighted by atomic mass is 16.3. The summed E-state index contributed by atoms with van der Waals surface area (Å²) in [6.07, 6.45) is 3.93. The van der Waals surface area contributed by atoms with Crippen LogP contribution in [-0.4, -0.2) is 23.8 Å². The minimum atomic E-state index is 0.237. The Labute approximate surface area is 111 Å². The van der Waals surface area contributed by atoms with Crippen LogP contribution >= 0.6 is 0 Å². The second kappa shape index (κ2) is 3.98. The molecule has 0 amide bonds. The van der Waals surface area contributed by atoms with Crippen molar-refractivity contribution in [2.24, 2.45) is 5.92 Å². The van der Waals surface area contributed by atoms with Crippen molar-refractivity contribution < 1.29 is 9.21 Å². The van der Waals surface area contributed by atoms with Gasteiger partial charge in [-0.25, -0.2) is 0 Å². The van der Waals surface area contributed by atoms with Gasteiger partial charge in [-0.05, 0) is 25.0 Å². The number of benzene rings is 1. The molecule has 2 bridgehead atoms. The van der Waals surface area contributed by atoms with Crippen LogP contribution in [0, 0.1) is 5.92 Å². The minimum absolute atomic E-state index is 0.237. The predicted molar refractivity (Wildman–Crippen MR) is 73.5 cm³/mol. The number of Topliss-reactive ketones (excluding diaryl/α,β-unsaturated/α-hetero) is 1. The number of hydrogen-bond donors (Lipinski definition) is 0. The van der Waals surface area contributed by atoms with E-state index in [1.165, 1.54) is 0 Å². The van der Waals surface area contributed by atoms with Crippen molar-refractivity contribution in [3.8, 4) is 0 Å². The molecule has 3 aliphatic rings. The molecular formula is C16H15NO2. The molecule has 3 saturated heterocycles. The molecule has 19 heavy (non-hydrogen) atoms. The first kappa shape index (κ1) is 10.9. The molecule has 3 fully saturated rings. The lowest BCUT2D eigenvalue weighted by Crippen LogP contribution is -2.45. The molecule has 1 aromatic heterocycles. The van der Waals surface area contributed by atoms with Gasteiger partial charge in [-0.3, -0.25) is 4.79 Å². The largest absolute Gasteiger partial charge is 0.457 e. The fourth-order valence-corrected chi connectivity index (χ4v) is 3.12. The normalized spacial score (nSPS) is 21.8. The van der Waals surface area contributed by atoms with Crippen LogP contribution in [0.25, 0.3) is 17.0 Å². The van der Waals surface area contributed by atoms with Crippen molar-refractivity contribution >= 4 is 22.8 Å². The number of para-hydroxylation sites is 1. The maximum absolute atomic E-state index is 12.3. The van der Waals surface area contributed by atoms with Crippen LogP contribution in [-0.2, 0) is 4.79 Å². The molecule has 3 aliphatic heterocycles. The molecule has 0 spiro atoms. The summed E-state index contributed by atoms with van der Waals surface area (Å²) >= 11 is 0. The third-order valence-electron chi connectivity index (χ3n) is 4.18. The molecule has 4 heterocycles. The highest BCUT2D eigenvalue weighted by Gasteiger charge is 2.36. The van der Waals surface area contributed by atoms with Gasteiger partial charge in [0.2, 0.25) is 0 Å². The van der Waals surface area contributed by atoms with Crippen LogP contribution in [0.15, 0.2) is 40.4 Å².